The summed E-state index contributed by atoms with van der Waals surface area (Å²) in [5.41, 5.74) is 3.86. The Hall–Kier alpha value is -1.000. The number of nitrogens with two attached hydrogens (primary N) is 1. The number of halogens is 2. The first-order chi connectivity index (χ1) is 9.19. The summed E-state index contributed by atoms with van der Waals surface area (Å²) < 4.78 is 5.31. The van der Waals surface area contributed by atoms with Gasteiger partial charge in [0.15, 0.2) is 0 Å². The van der Waals surface area contributed by atoms with Gasteiger partial charge in [-0.1, -0.05) is 29.3 Å². The molecule has 1 atom stereocenters. The standard InChI is InChI=1S/C14H16Cl2N2O/c15-11-4-3-10(14(16)9-11)8-12(18-17)5-6-13-2-1-7-19-13/h1-4,7,9,12,18H,5-6,8,17H2. The molecule has 0 aliphatic heterocycles. The number of benzene rings is 1. The zero-order valence-electron chi connectivity index (χ0n) is 10.4. The van der Waals surface area contributed by atoms with Gasteiger partial charge in [0.25, 0.3) is 0 Å². The summed E-state index contributed by atoms with van der Waals surface area (Å²) in [4.78, 5) is 0. The van der Waals surface area contributed by atoms with Gasteiger partial charge >= 0.3 is 0 Å². The molecule has 0 amide bonds. The maximum atomic E-state index is 6.16. The Labute approximate surface area is 122 Å². The maximum absolute atomic E-state index is 6.16. The summed E-state index contributed by atoms with van der Waals surface area (Å²) in [6, 6.07) is 9.51. The third-order valence-corrected chi connectivity index (χ3v) is 3.62. The number of nitrogens with one attached hydrogen (secondary N) is 1. The molecule has 1 aromatic carbocycles. The molecule has 0 saturated carbocycles. The lowest BCUT2D eigenvalue weighted by Gasteiger charge is -2.16. The van der Waals surface area contributed by atoms with E-state index in [-0.39, 0.29) is 6.04 Å². The highest BCUT2D eigenvalue weighted by Gasteiger charge is 2.11. The number of aryl methyl sites for hydroxylation is 1. The smallest absolute Gasteiger partial charge is 0.103 e. The molecule has 0 saturated heterocycles. The summed E-state index contributed by atoms with van der Waals surface area (Å²) in [5.74, 6) is 6.55. The summed E-state index contributed by atoms with van der Waals surface area (Å²) in [5, 5.41) is 1.31. The van der Waals surface area contributed by atoms with Crippen LogP contribution in [0.5, 0.6) is 0 Å². The molecular formula is C14H16Cl2N2O. The molecule has 0 aliphatic rings. The Morgan fingerprint density at radius 3 is 2.74 bits per heavy atom. The molecule has 0 fully saturated rings. The molecular weight excluding hydrogens is 283 g/mol. The summed E-state index contributed by atoms with van der Waals surface area (Å²) >= 11 is 12.0. The molecule has 5 heteroatoms. The summed E-state index contributed by atoms with van der Waals surface area (Å²) in [7, 11) is 0. The van der Waals surface area contributed by atoms with Crippen molar-refractivity contribution in [1.29, 1.82) is 0 Å². The Kier molecular flexibility index (Phi) is 5.28. The zero-order chi connectivity index (χ0) is 13.7. The lowest BCUT2D eigenvalue weighted by atomic mass is 10.0. The minimum absolute atomic E-state index is 0.142. The lowest BCUT2D eigenvalue weighted by molar-refractivity contribution is 0.447. The van der Waals surface area contributed by atoms with Gasteiger partial charge in [-0.2, -0.15) is 0 Å². The second-order valence-corrected chi connectivity index (χ2v) is 5.27. The highest BCUT2D eigenvalue weighted by molar-refractivity contribution is 6.35. The Morgan fingerprint density at radius 1 is 1.26 bits per heavy atom. The molecule has 3 nitrogen and oxygen atoms in total. The van der Waals surface area contributed by atoms with Gasteiger partial charge in [-0.05, 0) is 42.7 Å². The summed E-state index contributed by atoms with van der Waals surface area (Å²) in [6.07, 6.45) is 4.15. The fourth-order valence-corrected chi connectivity index (χ4v) is 2.45. The van der Waals surface area contributed by atoms with Crippen molar-refractivity contribution < 1.29 is 4.42 Å². The fourth-order valence-electron chi connectivity index (χ4n) is 1.97. The van der Waals surface area contributed by atoms with E-state index in [1.807, 2.05) is 24.3 Å². The van der Waals surface area contributed by atoms with Crippen molar-refractivity contribution in [3.8, 4) is 0 Å². The van der Waals surface area contributed by atoms with Crippen LogP contribution in [-0.2, 0) is 12.8 Å². The Morgan fingerprint density at radius 2 is 2.11 bits per heavy atom. The van der Waals surface area contributed by atoms with Gasteiger partial charge in [-0.3, -0.25) is 11.3 Å². The molecule has 1 unspecified atom stereocenters. The molecule has 1 aromatic heterocycles. The van der Waals surface area contributed by atoms with E-state index in [1.54, 1.807) is 12.3 Å². The van der Waals surface area contributed by atoms with E-state index in [0.29, 0.717) is 10.0 Å². The van der Waals surface area contributed by atoms with E-state index < -0.39 is 0 Å². The van der Waals surface area contributed by atoms with Crippen LogP contribution in [0.25, 0.3) is 0 Å². The number of hydrazine groups is 1. The molecule has 2 aromatic rings. The second kappa shape index (κ2) is 6.96. The predicted octanol–water partition coefficient (Wildman–Crippen LogP) is 3.59. The maximum Gasteiger partial charge on any atom is 0.103 e. The van der Waals surface area contributed by atoms with Gasteiger partial charge in [0, 0.05) is 22.5 Å². The molecule has 0 spiro atoms. The third kappa shape index (κ3) is 4.25. The van der Waals surface area contributed by atoms with Crippen molar-refractivity contribution in [1.82, 2.24) is 5.43 Å². The number of furan rings is 1. The molecule has 3 N–H and O–H groups in total. The van der Waals surface area contributed by atoms with Gasteiger partial charge in [0.2, 0.25) is 0 Å². The van der Waals surface area contributed by atoms with E-state index >= 15 is 0 Å². The van der Waals surface area contributed by atoms with E-state index in [4.69, 9.17) is 33.5 Å². The van der Waals surface area contributed by atoms with Crippen LogP contribution in [-0.4, -0.2) is 6.04 Å². The van der Waals surface area contributed by atoms with Crippen molar-refractivity contribution in [2.24, 2.45) is 5.84 Å². The van der Waals surface area contributed by atoms with Crippen LogP contribution >= 0.6 is 23.2 Å². The minimum Gasteiger partial charge on any atom is -0.469 e. The molecule has 0 aliphatic carbocycles. The average Bonchev–Trinajstić information content (AvgIpc) is 2.90. The van der Waals surface area contributed by atoms with E-state index in [2.05, 4.69) is 5.43 Å². The first-order valence-corrected chi connectivity index (χ1v) is 6.87. The number of hydrogen-bond acceptors (Lipinski definition) is 3. The van der Waals surface area contributed by atoms with Crippen LogP contribution < -0.4 is 11.3 Å². The first kappa shape index (κ1) is 14.4. The monoisotopic (exact) mass is 298 g/mol. The van der Waals surface area contributed by atoms with Crippen LogP contribution in [0.4, 0.5) is 0 Å². The fraction of sp³-hybridized carbons (Fsp3) is 0.286. The van der Waals surface area contributed by atoms with Crippen molar-refractivity contribution in [2.75, 3.05) is 0 Å². The number of hydrogen-bond donors (Lipinski definition) is 2. The van der Waals surface area contributed by atoms with Crippen molar-refractivity contribution in [3.05, 3.63) is 58.0 Å². The lowest BCUT2D eigenvalue weighted by Crippen LogP contribution is -2.37. The highest BCUT2D eigenvalue weighted by Crippen LogP contribution is 2.22. The second-order valence-electron chi connectivity index (χ2n) is 4.42. The SMILES string of the molecule is NNC(CCc1ccco1)Cc1ccc(Cl)cc1Cl. The highest BCUT2D eigenvalue weighted by atomic mass is 35.5. The largest absolute Gasteiger partial charge is 0.469 e. The topological polar surface area (TPSA) is 51.2 Å². The predicted molar refractivity (Wildman–Crippen MR) is 78.3 cm³/mol. The van der Waals surface area contributed by atoms with E-state index in [1.165, 1.54) is 0 Å². The Balaban J connectivity index is 1.94. The quantitative estimate of drug-likeness (QED) is 0.633. The molecule has 2 rings (SSSR count). The van der Waals surface area contributed by atoms with Crippen molar-refractivity contribution in [3.63, 3.8) is 0 Å². The van der Waals surface area contributed by atoms with Crippen LogP contribution in [0.15, 0.2) is 41.0 Å². The molecule has 0 bridgehead atoms. The normalized spacial score (nSPS) is 12.6. The third-order valence-electron chi connectivity index (χ3n) is 3.04. The van der Waals surface area contributed by atoms with Gasteiger partial charge < -0.3 is 4.42 Å². The van der Waals surface area contributed by atoms with Gasteiger partial charge in [-0.25, -0.2) is 0 Å². The minimum atomic E-state index is 0.142. The van der Waals surface area contributed by atoms with Crippen LogP contribution in [0.3, 0.4) is 0 Å². The molecule has 19 heavy (non-hydrogen) atoms. The number of rotatable bonds is 6. The van der Waals surface area contributed by atoms with Crippen LogP contribution in [0.1, 0.15) is 17.7 Å². The molecule has 102 valence electrons. The summed E-state index contributed by atoms with van der Waals surface area (Å²) in [6.45, 7) is 0. The molecule has 1 heterocycles. The Bertz CT molecular complexity index is 514. The zero-order valence-corrected chi connectivity index (χ0v) is 11.9. The van der Waals surface area contributed by atoms with Gasteiger partial charge in [-0.15, -0.1) is 0 Å². The average molecular weight is 299 g/mol. The first-order valence-electron chi connectivity index (χ1n) is 6.11. The van der Waals surface area contributed by atoms with E-state index in [0.717, 1.165) is 30.6 Å². The van der Waals surface area contributed by atoms with Gasteiger partial charge in [0.1, 0.15) is 5.76 Å². The van der Waals surface area contributed by atoms with Crippen molar-refractivity contribution >= 4 is 23.2 Å². The van der Waals surface area contributed by atoms with Crippen LogP contribution in [0.2, 0.25) is 10.0 Å². The van der Waals surface area contributed by atoms with Crippen LogP contribution in [0, 0.1) is 0 Å². The van der Waals surface area contributed by atoms with Crippen molar-refractivity contribution in [2.45, 2.75) is 25.3 Å². The van der Waals surface area contributed by atoms with Gasteiger partial charge in [0.05, 0.1) is 6.26 Å². The molecule has 0 radical (unpaired) electrons. The van der Waals surface area contributed by atoms with E-state index in [9.17, 15) is 0 Å².